The third-order valence-electron chi connectivity index (χ3n) is 1.96. The number of nitrogens with one attached hydrogen (secondary N) is 2. The maximum Gasteiger partial charge on any atom is 0.246 e. The molecule has 1 aromatic heterocycles. The molecule has 1 heterocycles. The summed E-state index contributed by atoms with van der Waals surface area (Å²) in [6.45, 7) is 0.890. The van der Waals surface area contributed by atoms with Gasteiger partial charge in [-0.3, -0.25) is 9.59 Å². The van der Waals surface area contributed by atoms with Crippen molar-refractivity contribution < 1.29 is 14.3 Å². The lowest BCUT2D eigenvalue weighted by Crippen LogP contribution is -2.36. The van der Waals surface area contributed by atoms with E-state index in [0.717, 1.165) is 4.88 Å². The molecule has 1 aromatic rings. The summed E-state index contributed by atoms with van der Waals surface area (Å²) < 4.78 is 4.65. The molecule has 2 amide bonds. The summed E-state index contributed by atoms with van der Waals surface area (Å²) in [4.78, 5) is 23.5. The highest BCUT2D eigenvalue weighted by atomic mass is 32.1. The van der Waals surface area contributed by atoms with Crippen molar-refractivity contribution in [1.82, 2.24) is 10.6 Å². The SMILES string of the molecule is COCC(=O)NCCNC(=O)Cc1cccs1. The van der Waals surface area contributed by atoms with E-state index in [1.165, 1.54) is 7.11 Å². The Balaban J connectivity index is 2.06. The smallest absolute Gasteiger partial charge is 0.246 e. The van der Waals surface area contributed by atoms with E-state index in [9.17, 15) is 9.59 Å². The van der Waals surface area contributed by atoms with Gasteiger partial charge in [0.15, 0.2) is 0 Å². The molecule has 0 aliphatic rings. The minimum Gasteiger partial charge on any atom is -0.375 e. The van der Waals surface area contributed by atoms with Crippen LogP contribution in [0.4, 0.5) is 0 Å². The lowest BCUT2D eigenvalue weighted by molar-refractivity contribution is -0.125. The number of rotatable bonds is 7. The van der Waals surface area contributed by atoms with Crippen molar-refractivity contribution in [3.05, 3.63) is 22.4 Å². The van der Waals surface area contributed by atoms with E-state index < -0.39 is 0 Å². The highest BCUT2D eigenvalue weighted by Crippen LogP contribution is 2.08. The molecule has 94 valence electrons. The maximum absolute atomic E-state index is 11.4. The number of hydrogen-bond donors (Lipinski definition) is 2. The molecule has 0 aliphatic heterocycles. The molecule has 0 saturated heterocycles. The second-order valence-corrected chi connectivity index (χ2v) is 4.42. The second kappa shape index (κ2) is 7.81. The van der Waals surface area contributed by atoms with Gasteiger partial charge in [-0.15, -0.1) is 11.3 Å². The molecule has 0 aromatic carbocycles. The summed E-state index contributed by atoms with van der Waals surface area (Å²) in [5.74, 6) is -0.214. The third kappa shape index (κ3) is 6.03. The Labute approximate surface area is 104 Å². The minimum atomic E-state index is -0.181. The van der Waals surface area contributed by atoms with Crippen LogP contribution in [-0.4, -0.2) is 38.6 Å². The van der Waals surface area contributed by atoms with E-state index >= 15 is 0 Å². The molecule has 1 rings (SSSR count). The summed E-state index contributed by atoms with van der Waals surface area (Å²) in [7, 11) is 1.46. The molecule has 17 heavy (non-hydrogen) atoms. The Morgan fingerprint density at radius 3 is 2.59 bits per heavy atom. The Hall–Kier alpha value is -1.40. The lowest BCUT2D eigenvalue weighted by atomic mass is 10.3. The van der Waals surface area contributed by atoms with Crippen molar-refractivity contribution in [3.8, 4) is 0 Å². The zero-order chi connectivity index (χ0) is 12.5. The van der Waals surface area contributed by atoms with Crippen LogP contribution >= 0.6 is 11.3 Å². The van der Waals surface area contributed by atoms with Crippen LogP contribution in [0.2, 0.25) is 0 Å². The number of methoxy groups -OCH3 is 1. The first-order valence-corrected chi connectivity index (χ1v) is 6.15. The van der Waals surface area contributed by atoms with Crippen molar-refractivity contribution in [2.24, 2.45) is 0 Å². The van der Waals surface area contributed by atoms with Gasteiger partial charge < -0.3 is 15.4 Å². The van der Waals surface area contributed by atoms with Crippen LogP contribution < -0.4 is 10.6 Å². The van der Waals surface area contributed by atoms with Gasteiger partial charge in [0, 0.05) is 25.1 Å². The van der Waals surface area contributed by atoms with Crippen LogP contribution in [0.25, 0.3) is 0 Å². The Morgan fingerprint density at radius 1 is 1.29 bits per heavy atom. The molecule has 5 nitrogen and oxygen atoms in total. The van der Waals surface area contributed by atoms with Gasteiger partial charge in [-0.25, -0.2) is 0 Å². The molecule has 0 fully saturated rings. The first-order valence-electron chi connectivity index (χ1n) is 5.27. The average Bonchev–Trinajstić information content (AvgIpc) is 2.77. The fourth-order valence-corrected chi connectivity index (χ4v) is 1.92. The standard InChI is InChI=1S/C11H16N2O3S/c1-16-8-11(15)13-5-4-12-10(14)7-9-3-2-6-17-9/h2-3,6H,4-5,7-8H2,1H3,(H,12,14)(H,13,15). The first kappa shape index (κ1) is 13.7. The van der Waals surface area contributed by atoms with E-state index in [1.54, 1.807) is 11.3 Å². The molecule has 2 N–H and O–H groups in total. The number of hydrogen-bond acceptors (Lipinski definition) is 4. The van der Waals surface area contributed by atoms with E-state index in [-0.39, 0.29) is 18.4 Å². The van der Waals surface area contributed by atoms with E-state index in [0.29, 0.717) is 19.5 Å². The summed E-state index contributed by atoms with van der Waals surface area (Å²) in [6.07, 6.45) is 0.393. The molecule has 0 spiro atoms. The monoisotopic (exact) mass is 256 g/mol. The number of thiophene rings is 1. The average molecular weight is 256 g/mol. The molecule has 0 unspecified atom stereocenters. The molecule has 0 aliphatic carbocycles. The molecule has 6 heteroatoms. The molecule has 0 bridgehead atoms. The van der Waals surface area contributed by atoms with E-state index in [4.69, 9.17) is 0 Å². The summed E-state index contributed by atoms with van der Waals surface area (Å²) in [5.41, 5.74) is 0. The number of carbonyl (C=O) groups is 2. The van der Waals surface area contributed by atoms with Crippen molar-refractivity contribution in [3.63, 3.8) is 0 Å². The van der Waals surface area contributed by atoms with Crippen molar-refractivity contribution in [2.75, 3.05) is 26.8 Å². The predicted octanol–water partition coefficient (Wildman–Crippen LogP) is 0.169. The first-order chi connectivity index (χ1) is 8.22. The van der Waals surface area contributed by atoms with Crippen LogP contribution in [0.15, 0.2) is 17.5 Å². The molecule has 0 atom stereocenters. The van der Waals surface area contributed by atoms with Gasteiger partial charge >= 0.3 is 0 Å². The molecule has 0 radical (unpaired) electrons. The lowest BCUT2D eigenvalue weighted by Gasteiger charge is -2.06. The zero-order valence-electron chi connectivity index (χ0n) is 9.69. The number of amides is 2. The van der Waals surface area contributed by atoms with Crippen molar-refractivity contribution >= 4 is 23.2 Å². The Morgan fingerprint density at radius 2 is 2.00 bits per heavy atom. The normalized spacial score (nSPS) is 9.94. The zero-order valence-corrected chi connectivity index (χ0v) is 10.5. The number of carbonyl (C=O) groups excluding carboxylic acids is 2. The van der Waals surface area contributed by atoms with Crippen LogP contribution in [0.3, 0.4) is 0 Å². The van der Waals surface area contributed by atoms with Gasteiger partial charge in [0.25, 0.3) is 0 Å². The minimum absolute atomic E-state index is 0.0339. The predicted molar refractivity (Wildman–Crippen MR) is 65.9 cm³/mol. The second-order valence-electron chi connectivity index (χ2n) is 3.39. The van der Waals surface area contributed by atoms with Gasteiger partial charge in [0.05, 0.1) is 6.42 Å². The van der Waals surface area contributed by atoms with Gasteiger partial charge in [0.2, 0.25) is 11.8 Å². The van der Waals surface area contributed by atoms with Gasteiger partial charge in [-0.2, -0.15) is 0 Å². The maximum atomic E-state index is 11.4. The highest BCUT2D eigenvalue weighted by molar-refractivity contribution is 7.10. The van der Waals surface area contributed by atoms with E-state index in [2.05, 4.69) is 15.4 Å². The molecule has 0 saturated carbocycles. The van der Waals surface area contributed by atoms with Crippen molar-refractivity contribution in [2.45, 2.75) is 6.42 Å². The topological polar surface area (TPSA) is 67.4 Å². The van der Waals surface area contributed by atoms with Gasteiger partial charge in [0.1, 0.15) is 6.61 Å². The van der Waals surface area contributed by atoms with Crippen molar-refractivity contribution in [1.29, 1.82) is 0 Å². The quantitative estimate of drug-likeness (QED) is 0.683. The number of ether oxygens (including phenoxy) is 1. The van der Waals surface area contributed by atoms with E-state index in [1.807, 2.05) is 17.5 Å². The fourth-order valence-electron chi connectivity index (χ4n) is 1.22. The molecular formula is C11H16N2O3S. The highest BCUT2D eigenvalue weighted by Gasteiger charge is 2.03. The Kier molecular flexibility index (Phi) is 6.27. The summed E-state index contributed by atoms with van der Waals surface area (Å²) in [6, 6.07) is 3.84. The third-order valence-corrected chi connectivity index (χ3v) is 2.84. The van der Waals surface area contributed by atoms with Gasteiger partial charge in [-0.05, 0) is 11.4 Å². The van der Waals surface area contributed by atoms with Crippen LogP contribution in [-0.2, 0) is 20.7 Å². The van der Waals surface area contributed by atoms with Gasteiger partial charge in [-0.1, -0.05) is 6.07 Å². The Bertz CT molecular complexity index is 352. The summed E-state index contributed by atoms with van der Waals surface area (Å²) in [5, 5.41) is 7.29. The largest absolute Gasteiger partial charge is 0.375 e. The van der Waals surface area contributed by atoms with Crippen LogP contribution in [0, 0.1) is 0 Å². The fraction of sp³-hybridized carbons (Fsp3) is 0.455. The van der Waals surface area contributed by atoms with Crippen LogP contribution in [0.1, 0.15) is 4.88 Å². The molecular weight excluding hydrogens is 240 g/mol. The van der Waals surface area contributed by atoms with Crippen LogP contribution in [0.5, 0.6) is 0 Å². The summed E-state index contributed by atoms with van der Waals surface area (Å²) >= 11 is 1.55.